The Morgan fingerprint density at radius 1 is 1.05 bits per heavy atom. The highest BCUT2D eigenvalue weighted by Crippen LogP contribution is 2.32. The quantitative estimate of drug-likeness (QED) is 0.412. The standard InChI is InChI=1S/C30H38F3N3O6S/c1-20(2)42-24-11-9-21(10-12-24)18-26(28(37)34-23-13-16-41-17-14-23)35-29(38)27-8-3-4-15-36(27)43(39,40)25-7-5-6-22(19-25)30(31,32)33/h5-7,9-12,19-20,23,26-27H,3-4,8,13-18H2,1-2H3,(H,34,37)(H,35,38)/t26-,27?/m0/s1. The van der Waals surface area contributed by atoms with E-state index in [2.05, 4.69) is 10.6 Å². The maximum atomic E-state index is 13.7. The van der Waals surface area contributed by atoms with E-state index in [1.807, 2.05) is 13.8 Å². The molecule has 2 aliphatic rings. The highest BCUT2D eigenvalue weighted by atomic mass is 32.2. The first-order valence-corrected chi connectivity index (χ1v) is 15.9. The lowest BCUT2D eigenvalue weighted by Crippen LogP contribution is -2.57. The van der Waals surface area contributed by atoms with Crippen molar-refractivity contribution in [2.24, 2.45) is 0 Å². The smallest absolute Gasteiger partial charge is 0.416 e. The number of ether oxygens (including phenoxy) is 2. The summed E-state index contributed by atoms with van der Waals surface area (Å²) in [5, 5.41) is 5.74. The maximum absolute atomic E-state index is 13.7. The number of alkyl halides is 3. The summed E-state index contributed by atoms with van der Waals surface area (Å²) >= 11 is 0. The minimum Gasteiger partial charge on any atom is -0.491 e. The maximum Gasteiger partial charge on any atom is 0.416 e. The highest BCUT2D eigenvalue weighted by Gasteiger charge is 2.40. The monoisotopic (exact) mass is 625 g/mol. The lowest BCUT2D eigenvalue weighted by Gasteiger charge is -2.35. The summed E-state index contributed by atoms with van der Waals surface area (Å²) in [4.78, 5) is 26.6. The molecule has 0 aromatic heterocycles. The van der Waals surface area contributed by atoms with Gasteiger partial charge in [0.15, 0.2) is 0 Å². The van der Waals surface area contributed by atoms with E-state index in [1.54, 1.807) is 24.3 Å². The van der Waals surface area contributed by atoms with Gasteiger partial charge in [-0.05, 0) is 75.4 Å². The van der Waals surface area contributed by atoms with Crippen molar-refractivity contribution in [2.45, 2.75) is 87.7 Å². The van der Waals surface area contributed by atoms with Crippen molar-refractivity contribution in [1.29, 1.82) is 0 Å². The summed E-state index contributed by atoms with van der Waals surface area (Å²) < 4.78 is 79.1. The Labute approximate surface area is 250 Å². The van der Waals surface area contributed by atoms with E-state index in [0.717, 1.165) is 28.1 Å². The number of nitrogens with one attached hydrogen (secondary N) is 2. The average molecular weight is 626 g/mol. The molecule has 0 saturated carbocycles. The van der Waals surface area contributed by atoms with Crippen molar-refractivity contribution in [3.63, 3.8) is 0 Å². The summed E-state index contributed by atoms with van der Waals surface area (Å²) in [5.41, 5.74) is -0.345. The fourth-order valence-electron chi connectivity index (χ4n) is 5.26. The Kier molecular flexibility index (Phi) is 10.7. The van der Waals surface area contributed by atoms with Gasteiger partial charge in [-0.1, -0.05) is 24.6 Å². The minimum absolute atomic E-state index is 0.0196. The van der Waals surface area contributed by atoms with Crippen molar-refractivity contribution >= 4 is 21.8 Å². The Balaban J connectivity index is 1.56. The number of nitrogens with zero attached hydrogens (tertiary/aromatic N) is 1. The van der Waals surface area contributed by atoms with Crippen molar-refractivity contribution in [3.8, 4) is 5.75 Å². The van der Waals surface area contributed by atoms with Crippen molar-refractivity contribution < 1.29 is 40.7 Å². The number of amides is 2. The molecule has 2 fully saturated rings. The largest absolute Gasteiger partial charge is 0.491 e. The second kappa shape index (κ2) is 14.1. The number of piperidine rings is 1. The van der Waals surface area contributed by atoms with Gasteiger partial charge in [-0.2, -0.15) is 17.5 Å². The molecule has 2 N–H and O–H groups in total. The van der Waals surface area contributed by atoms with Crippen LogP contribution in [0.3, 0.4) is 0 Å². The molecule has 0 spiro atoms. The zero-order valence-electron chi connectivity index (χ0n) is 24.2. The number of benzene rings is 2. The second-order valence-corrected chi connectivity index (χ2v) is 13.0. The predicted molar refractivity (Wildman–Crippen MR) is 153 cm³/mol. The fourth-order valence-corrected chi connectivity index (χ4v) is 6.96. The molecule has 2 heterocycles. The summed E-state index contributed by atoms with van der Waals surface area (Å²) in [7, 11) is -4.45. The van der Waals surface area contributed by atoms with Crippen LogP contribution in [0.25, 0.3) is 0 Å². The van der Waals surface area contributed by atoms with Crippen molar-refractivity contribution in [3.05, 3.63) is 59.7 Å². The number of halogens is 3. The van der Waals surface area contributed by atoms with Crippen LogP contribution in [0.4, 0.5) is 13.2 Å². The summed E-state index contributed by atoms with van der Waals surface area (Å²) in [6.07, 6.45) is -2.21. The van der Waals surface area contributed by atoms with Crippen LogP contribution < -0.4 is 15.4 Å². The van der Waals surface area contributed by atoms with Gasteiger partial charge in [-0.15, -0.1) is 0 Å². The number of carbonyl (C=O) groups is 2. The van der Waals surface area contributed by atoms with Crippen LogP contribution in [0.5, 0.6) is 5.75 Å². The Morgan fingerprint density at radius 2 is 1.74 bits per heavy atom. The number of hydrogen-bond acceptors (Lipinski definition) is 6. The molecule has 2 amide bonds. The molecule has 2 atom stereocenters. The first kappa shape index (κ1) is 32.7. The first-order chi connectivity index (χ1) is 20.3. The van der Waals surface area contributed by atoms with Crippen LogP contribution in [0.2, 0.25) is 0 Å². The van der Waals surface area contributed by atoms with E-state index in [9.17, 15) is 31.2 Å². The van der Waals surface area contributed by atoms with E-state index in [-0.39, 0.29) is 31.5 Å². The lowest BCUT2D eigenvalue weighted by atomic mass is 10.0. The van der Waals surface area contributed by atoms with Crippen LogP contribution in [0, 0.1) is 0 Å². The zero-order chi connectivity index (χ0) is 31.2. The van der Waals surface area contributed by atoms with Crippen LogP contribution in [0.15, 0.2) is 53.4 Å². The van der Waals surface area contributed by atoms with Gasteiger partial charge in [-0.3, -0.25) is 9.59 Å². The zero-order valence-corrected chi connectivity index (χ0v) is 25.0. The number of hydrogen-bond donors (Lipinski definition) is 2. The van der Waals surface area contributed by atoms with Crippen LogP contribution in [-0.2, 0) is 36.9 Å². The Bertz CT molecular complexity index is 1360. The van der Waals surface area contributed by atoms with Gasteiger partial charge in [0.2, 0.25) is 21.8 Å². The van der Waals surface area contributed by atoms with Crippen LogP contribution in [-0.4, -0.2) is 68.5 Å². The summed E-state index contributed by atoms with van der Waals surface area (Å²) in [6, 6.07) is 8.29. The highest BCUT2D eigenvalue weighted by molar-refractivity contribution is 7.89. The number of rotatable bonds is 10. The topological polar surface area (TPSA) is 114 Å². The molecule has 2 aromatic rings. The summed E-state index contributed by atoms with van der Waals surface area (Å²) in [5.74, 6) is -0.434. The van der Waals surface area contributed by atoms with E-state index < -0.39 is 50.6 Å². The minimum atomic E-state index is -4.73. The SMILES string of the molecule is CC(C)Oc1ccc(C[C@H](NC(=O)C2CCCCN2S(=O)(=O)c2cccc(C(F)(F)F)c2)C(=O)NC2CCOCC2)cc1. The molecule has 4 rings (SSSR count). The molecule has 236 valence electrons. The average Bonchev–Trinajstić information content (AvgIpc) is 2.97. The van der Waals surface area contributed by atoms with Gasteiger partial charge in [0.1, 0.15) is 17.8 Å². The fraction of sp³-hybridized carbons (Fsp3) is 0.533. The van der Waals surface area contributed by atoms with Gasteiger partial charge in [0.05, 0.1) is 16.6 Å². The van der Waals surface area contributed by atoms with E-state index in [0.29, 0.717) is 50.7 Å². The Hall–Kier alpha value is -3.16. The molecule has 0 aliphatic carbocycles. The molecule has 2 saturated heterocycles. The Morgan fingerprint density at radius 3 is 2.40 bits per heavy atom. The van der Waals surface area contributed by atoms with E-state index in [1.165, 1.54) is 0 Å². The molecule has 13 heteroatoms. The molecule has 9 nitrogen and oxygen atoms in total. The number of carbonyl (C=O) groups excluding carboxylic acids is 2. The summed E-state index contributed by atoms with van der Waals surface area (Å²) in [6.45, 7) is 4.78. The predicted octanol–water partition coefficient (Wildman–Crippen LogP) is 4.06. The van der Waals surface area contributed by atoms with Gasteiger partial charge in [0, 0.05) is 32.2 Å². The molecule has 0 radical (unpaired) electrons. The third-order valence-electron chi connectivity index (χ3n) is 7.46. The second-order valence-electron chi connectivity index (χ2n) is 11.1. The van der Waals surface area contributed by atoms with E-state index >= 15 is 0 Å². The van der Waals surface area contributed by atoms with Gasteiger partial charge < -0.3 is 20.1 Å². The third kappa shape index (κ3) is 8.70. The van der Waals surface area contributed by atoms with Gasteiger partial charge in [-0.25, -0.2) is 8.42 Å². The molecule has 1 unspecified atom stereocenters. The normalized spacial score (nSPS) is 19.5. The molecule has 43 heavy (non-hydrogen) atoms. The number of sulfonamides is 1. The van der Waals surface area contributed by atoms with Crippen molar-refractivity contribution in [1.82, 2.24) is 14.9 Å². The van der Waals surface area contributed by atoms with Crippen LogP contribution in [0.1, 0.15) is 57.1 Å². The van der Waals surface area contributed by atoms with Gasteiger partial charge in [0.25, 0.3) is 0 Å². The molecule has 2 aromatic carbocycles. The van der Waals surface area contributed by atoms with Gasteiger partial charge >= 0.3 is 6.18 Å². The molecular formula is C30H38F3N3O6S. The molecule has 0 bridgehead atoms. The molecule has 2 aliphatic heterocycles. The molecular weight excluding hydrogens is 587 g/mol. The third-order valence-corrected chi connectivity index (χ3v) is 9.36. The van der Waals surface area contributed by atoms with Crippen LogP contribution >= 0.6 is 0 Å². The lowest BCUT2D eigenvalue weighted by molar-refractivity contribution is -0.137. The van der Waals surface area contributed by atoms with E-state index in [4.69, 9.17) is 9.47 Å². The first-order valence-electron chi connectivity index (χ1n) is 14.5. The van der Waals surface area contributed by atoms with Crippen molar-refractivity contribution in [2.75, 3.05) is 19.8 Å².